The summed E-state index contributed by atoms with van der Waals surface area (Å²) in [4.78, 5) is 40.6. The molecule has 0 aliphatic carbocycles. The molecule has 1 fully saturated rings. The molecule has 0 spiro atoms. The van der Waals surface area contributed by atoms with E-state index >= 15 is 0 Å². The number of amides is 3. The number of carbonyl (C=O) groups is 3. The highest BCUT2D eigenvalue weighted by Crippen LogP contribution is 2.21. The van der Waals surface area contributed by atoms with Gasteiger partial charge in [-0.1, -0.05) is 18.5 Å². The van der Waals surface area contributed by atoms with Crippen molar-refractivity contribution < 1.29 is 14.4 Å². The molecule has 1 aromatic heterocycles. The van der Waals surface area contributed by atoms with Crippen molar-refractivity contribution in [2.75, 3.05) is 12.3 Å². The fourth-order valence-electron chi connectivity index (χ4n) is 2.06. The Balaban J connectivity index is 2.37. The van der Waals surface area contributed by atoms with E-state index in [0.717, 1.165) is 0 Å². The summed E-state index contributed by atoms with van der Waals surface area (Å²) in [5, 5.41) is 2.32. The minimum absolute atomic E-state index is 0.123. The second-order valence-corrected chi connectivity index (χ2v) is 4.77. The number of piperazine rings is 1. The van der Waals surface area contributed by atoms with Gasteiger partial charge in [0.05, 0.1) is 10.6 Å². The van der Waals surface area contributed by atoms with E-state index in [1.165, 1.54) is 17.2 Å². The second-order valence-electron chi connectivity index (χ2n) is 4.36. The van der Waals surface area contributed by atoms with E-state index in [2.05, 4.69) is 10.3 Å². The molecule has 0 aromatic carbocycles. The van der Waals surface area contributed by atoms with Crippen LogP contribution in [0, 0.1) is 0 Å². The van der Waals surface area contributed by atoms with Crippen LogP contribution in [0.25, 0.3) is 0 Å². The summed E-state index contributed by atoms with van der Waals surface area (Å²) in [6.45, 7) is 1.56. The number of anilines is 1. The first-order chi connectivity index (χ1) is 9.43. The van der Waals surface area contributed by atoms with E-state index in [9.17, 15) is 14.4 Å². The smallest absolute Gasteiger partial charge is 0.256 e. The first kappa shape index (κ1) is 14.3. The van der Waals surface area contributed by atoms with Crippen LogP contribution in [0.2, 0.25) is 5.02 Å². The van der Waals surface area contributed by atoms with E-state index < -0.39 is 23.8 Å². The molecule has 3 amide bonds. The van der Waals surface area contributed by atoms with Crippen molar-refractivity contribution in [1.29, 1.82) is 0 Å². The Morgan fingerprint density at radius 1 is 1.60 bits per heavy atom. The lowest BCUT2D eigenvalue weighted by Crippen LogP contribution is -2.59. The Morgan fingerprint density at radius 2 is 2.30 bits per heavy atom. The number of halogens is 1. The average molecular weight is 297 g/mol. The third-order valence-corrected chi connectivity index (χ3v) is 3.31. The molecule has 1 unspecified atom stereocenters. The van der Waals surface area contributed by atoms with Gasteiger partial charge >= 0.3 is 0 Å². The summed E-state index contributed by atoms with van der Waals surface area (Å²) in [6.07, 6.45) is 1.65. The highest BCUT2D eigenvalue weighted by molar-refractivity contribution is 6.34. The fourth-order valence-corrected chi connectivity index (χ4v) is 2.24. The average Bonchev–Trinajstić information content (AvgIpc) is 2.40. The molecule has 0 saturated carbocycles. The number of nitrogen functional groups attached to an aromatic ring is 1. The summed E-state index contributed by atoms with van der Waals surface area (Å²) in [5.41, 5.74) is 5.65. The van der Waals surface area contributed by atoms with Gasteiger partial charge in [0.25, 0.3) is 5.91 Å². The van der Waals surface area contributed by atoms with E-state index in [4.69, 9.17) is 17.3 Å². The van der Waals surface area contributed by atoms with Gasteiger partial charge in [0.1, 0.15) is 18.4 Å². The molecule has 2 heterocycles. The number of rotatable bonds is 2. The van der Waals surface area contributed by atoms with Crippen LogP contribution in [0.3, 0.4) is 0 Å². The summed E-state index contributed by atoms with van der Waals surface area (Å²) >= 11 is 5.92. The number of nitrogens with zero attached hydrogens (tertiary/aromatic N) is 2. The fraction of sp³-hybridized carbons (Fsp3) is 0.333. The van der Waals surface area contributed by atoms with Gasteiger partial charge in [-0.05, 0) is 12.5 Å². The molecule has 8 heteroatoms. The Bertz CT molecular complexity index is 590. The summed E-state index contributed by atoms with van der Waals surface area (Å²) in [6, 6.07) is 0.625. The lowest BCUT2D eigenvalue weighted by Gasteiger charge is -2.33. The van der Waals surface area contributed by atoms with E-state index in [-0.39, 0.29) is 22.9 Å². The van der Waals surface area contributed by atoms with Gasteiger partial charge in [-0.3, -0.25) is 19.7 Å². The topological polar surface area (TPSA) is 105 Å². The maximum atomic E-state index is 12.5. The molecule has 1 atom stereocenters. The van der Waals surface area contributed by atoms with Gasteiger partial charge < -0.3 is 10.6 Å². The van der Waals surface area contributed by atoms with E-state index in [1.54, 1.807) is 6.92 Å². The van der Waals surface area contributed by atoms with Crippen LogP contribution in [0.4, 0.5) is 5.82 Å². The molecule has 1 saturated heterocycles. The highest BCUT2D eigenvalue weighted by atomic mass is 35.5. The molecule has 0 radical (unpaired) electrons. The van der Waals surface area contributed by atoms with Crippen LogP contribution in [-0.4, -0.2) is 40.2 Å². The molecule has 1 aromatic rings. The minimum Gasteiger partial charge on any atom is -0.384 e. The van der Waals surface area contributed by atoms with Crippen LogP contribution in [-0.2, 0) is 9.59 Å². The van der Waals surface area contributed by atoms with Crippen LogP contribution in [0.15, 0.2) is 12.3 Å². The third kappa shape index (κ3) is 2.57. The third-order valence-electron chi connectivity index (χ3n) is 3.01. The number of hydrogen-bond donors (Lipinski definition) is 2. The Kier molecular flexibility index (Phi) is 3.89. The number of aromatic nitrogens is 1. The normalized spacial score (nSPS) is 18.9. The van der Waals surface area contributed by atoms with Crippen molar-refractivity contribution in [2.45, 2.75) is 19.4 Å². The van der Waals surface area contributed by atoms with Crippen LogP contribution in [0.5, 0.6) is 0 Å². The molecule has 1 aliphatic heterocycles. The van der Waals surface area contributed by atoms with Crippen LogP contribution < -0.4 is 11.1 Å². The van der Waals surface area contributed by atoms with Crippen molar-refractivity contribution in [3.8, 4) is 0 Å². The first-order valence-electron chi connectivity index (χ1n) is 5.99. The molecule has 0 bridgehead atoms. The number of hydrogen-bond acceptors (Lipinski definition) is 5. The predicted molar refractivity (Wildman–Crippen MR) is 71.9 cm³/mol. The van der Waals surface area contributed by atoms with Crippen LogP contribution >= 0.6 is 11.6 Å². The molecular formula is C12H13ClN4O3. The van der Waals surface area contributed by atoms with Gasteiger partial charge in [0.15, 0.2) is 0 Å². The summed E-state index contributed by atoms with van der Waals surface area (Å²) in [5.74, 6) is -1.39. The van der Waals surface area contributed by atoms with Crippen molar-refractivity contribution in [2.24, 2.45) is 0 Å². The van der Waals surface area contributed by atoms with Crippen molar-refractivity contribution in [3.63, 3.8) is 0 Å². The Hall–Kier alpha value is -2.15. The molecule has 3 N–H and O–H groups in total. The van der Waals surface area contributed by atoms with Gasteiger partial charge in [-0.2, -0.15) is 0 Å². The monoisotopic (exact) mass is 296 g/mol. The number of nitrogens with one attached hydrogen (secondary N) is 1. The van der Waals surface area contributed by atoms with Crippen LogP contribution in [0.1, 0.15) is 23.7 Å². The van der Waals surface area contributed by atoms with Gasteiger partial charge in [0.2, 0.25) is 11.8 Å². The minimum atomic E-state index is -0.703. The largest absolute Gasteiger partial charge is 0.384 e. The second kappa shape index (κ2) is 5.46. The van der Waals surface area contributed by atoms with Gasteiger partial charge in [0, 0.05) is 6.20 Å². The SMILES string of the molecule is CCC1C(=O)NC(=O)CN1C(=O)c1cc(N)ncc1Cl. The van der Waals surface area contributed by atoms with E-state index in [0.29, 0.717) is 6.42 Å². The standard InChI is InChI=1S/C12H13ClN4O3/c1-2-8-11(19)16-10(18)5-17(8)12(20)6-3-9(14)15-4-7(6)13/h3-4,8H,2,5H2,1H3,(H2,14,15)(H,16,18,19). The maximum Gasteiger partial charge on any atom is 0.256 e. The summed E-state index contributed by atoms with van der Waals surface area (Å²) in [7, 11) is 0. The van der Waals surface area contributed by atoms with Crippen molar-refractivity contribution in [3.05, 3.63) is 22.8 Å². The number of nitrogens with two attached hydrogens (primary N) is 1. The lowest BCUT2D eigenvalue weighted by atomic mass is 10.1. The molecule has 20 heavy (non-hydrogen) atoms. The molecular weight excluding hydrogens is 284 g/mol. The maximum absolute atomic E-state index is 12.5. The Labute approximate surface area is 120 Å². The van der Waals surface area contributed by atoms with E-state index in [1.807, 2.05) is 0 Å². The molecule has 106 valence electrons. The summed E-state index contributed by atoms with van der Waals surface area (Å²) < 4.78 is 0. The lowest BCUT2D eigenvalue weighted by molar-refractivity contribution is -0.138. The van der Waals surface area contributed by atoms with Crippen molar-refractivity contribution in [1.82, 2.24) is 15.2 Å². The highest BCUT2D eigenvalue weighted by Gasteiger charge is 2.36. The molecule has 7 nitrogen and oxygen atoms in total. The zero-order valence-electron chi connectivity index (χ0n) is 10.7. The number of pyridine rings is 1. The Morgan fingerprint density at radius 3 is 2.95 bits per heavy atom. The van der Waals surface area contributed by atoms with Gasteiger partial charge in [-0.25, -0.2) is 4.98 Å². The quantitative estimate of drug-likeness (QED) is 0.758. The van der Waals surface area contributed by atoms with Crippen molar-refractivity contribution >= 4 is 35.1 Å². The molecule has 1 aliphatic rings. The van der Waals surface area contributed by atoms with Gasteiger partial charge in [-0.15, -0.1) is 0 Å². The zero-order valence-corrected chi connectivity index (χ0v) is 11.5. The number of carbonyl (C=O) groups excluding carboxylic acids is 3. The zero-order chi connectivity index (χ0) is 14.9. The number of imide groups is 1. The first-order valence-corrected chi connectivity index (χ1v) is 6.37. The molecule has 2 rings (SSSR count). The predicted octanol–water partition coefficient (Wildman–Crippen LogP) is 0.194.